The first-order valence-corrected chi connectivity index (χ1v) is 10.9. The molecule has 0 bridgehead atoms. The zero-order valence-electron chi connectivity index (χ0n) is 14.8. The maximum Gasteiger partial charge on any atom is 0.262 e. The summed E-state index contributed by atoms with van der Waals surface area (Å²) in [6, 6.07) is 10.1. The van der Waals surface area contributed by atoms with Crippen LogP contribution in [0.2, 0.25) is 0 Å². The molecule has 1 fully saturated rings. The second-order valence-electron chi connectivity index (χ2n) is 6.27. The fourth-order valence-electron chi connectivity index (χ4n) is 3.26. The van der Waals surface area contributed by atoms with Crippen LogP contribution in [0.5, 0.6) is 0 Å². The first kappa shape index (κ1) is 17.4. The van der Waals surface area contributed by atoms with E-state index in [1.807, 2.05) is 25.1 Å². The lowest BCUT2D eigenvalue weighted by molar-refractivity contribution is 0.382. The van der Waals surface area contributed by atoms with Gasteiger partial charge in [-0.15, -0.1) is 0 Å². The highest BCUT2D eigenvalue weighted by Gasteiger charge is 2.34. The summed E-state index contributed by atoms with van der Waals surface area (Å²) in [6.07, 6.45) is 0.766. The highest BCUT2D eigenvalue weighted by molar-refractivity contribution is 7.89. The number of piperazine rings is 1. The molecule has 1 aliphatic rings. The van der Waals surface area contributed by atoms with Gasteiger partial charge in [0.15, 0.2) is 5.03 Å². The molecule has 0 aliphatic carbocycles. The van der Waals surface area contributed by atoms with Gasteiger partial charge in [0.2, 0.25) is 4.96 Å². The molecule has 0 unspecified atom stereocenters. The highest BCUT2D eigenvalue weighted by Crippen LogP contribution is 2.26. The van der Waals surface area contributed by atoms with Crippen molar-refractivity contribution in [3.05, 3.63) is 41.0 Å². The molecule has 3 heterocycles. The van der Waals surface area contributed by atoms with Crippen molar-refractivity contribution < 1.29 is 8.42 Å². The van der Waals surface area contributed by atoms with Crippen LogP contribution < -0.4 is 4.90 Å². The minimum atomic E-state index is -3.63. The summed E-state index contributed by atoms with van der Waals surface area (Å²) in [7, 11) is -3.63. The number of aryl methyl sites for hydroxylation is 2. The second kappa shape index (κ2) is 6.64. The molecule has 0 amide bonds. The summed E-state index contributed by atoms with van der Waals surface area (Å²) < 4.78 is 29.5. The molecule has 138 valence electrons. The number of sulfonamides is 1. The molecule has 9 heteroatoms. The summed E-state index contributed by atoms with van der Waals surface area (Å²) in [5.41, 5.74) is 1.64. The van der Waals surface area contributed by atoms with Gasteiger partial charge in [0, 0.05) is 31.9 Å². The summed E-state index contributed by atoms with van der Waals surface area (Å²) >= 11 is 1.44. The zero-order chi connectivity index (χ0) is 18.3. The lowest BCUT2D eigenvalue weighted by Crippen LogP contribution is -2.49. The molecular weight excluding hydrogens is 370 g/mol. The monoisotopic (exact) mass is 391 g/mol. The molecule has 0 saturated carbocycles. The molecular formula is C17H21N5O2S2. The Labute approximate surface area is 156 Å². The highest BCUT2D eigenvalue weighted by atomic mass is 32.2. The summed E-state index contributed by atoms with van der Waals surface area (Å²) in [4.78, 5) is 7.26. The molecule has 0 N–H and O–H groups in total. The van der Waals surface area contributed by atoms with Crippen LogP contribution in [0.4, 0.5) is 5.69 Å². The number of rotatable bonds is 4. The number of imidazole rings is 1. The molecule has 1 aliphatic heterocycles. The lowest BCUT2D eigenvalue weighted by atomic mass is 10.2. The molecule has 0 spiro atoms. The summed E-state index contributed by atoms with van der Waals surface area (Å²) in [5.74, 6) is 0. The van der Waals surface area contributed by atoms with Crippen LogP contribution in [0.3, 0.4) is 0 Å². The Hall–Kier alpha value is -1.97. The fraction of sp³-hybridized carbons (Fsp3) is 0.412. The summed E-state index contributed by atoms with van der Waals surface area (Å²) in [5, 5.41) is 5.52. The van der Waals surface area contributed by atoms with Crippen molar-refractivity contribution in [2.75, 3.05) is 31.1 Å². The van der Waals surface area contributed by atoms with Crippen LogP contribution in [0.1, 0.15) is 17.6 Å². The second-order valence-corrected chi connectivity index (χ2v) is 9.17. The Morgan fingerprint density at radius 1 is 1.12 bits per heavy atom. The third kappa shape index (κ3) is 2.89. The Balaban J connectivity index is 1.60. The molecule has 2 aromatic heterocycles. The number of fused-ring (bicyclic) bond motifs is 1. The molecule has 1 saturated heterocycles. The van der Waals surface area contributed by atoms with E-state index in [4.69, 9.17) is 0 Å². The Kier molecular flexibility index (Phi) is 4.45. The molecule has 4 rings (SSSR count). The van der Waals surface area contributed by atoms with E-state index in [2.05, 4.69) is 27.1 Å². The first-order chi connectivity index (χ1) is 12.5. The maximum atomic E-state index is 13.2. The number of anilines is 1. The number of hydrogen-bond acceptors (Lipinski definition) is 6. The fourth-order valence-corrected chi connectivity index (χ4v) is 5.85. The van der Waals surface area contributed by atoms with Crippen molar-refractivity contribution in [3.63, 3.8) is 0 Å². The third-order valence-electron chi connectivity index (χ3n) is 4.61. The van der Waals surface area contributed by atoms with Gasteiger partial charge >= 0.3 is 0 Å². The van der Waals surface area contributed by atoms with Crippen molar-refractivity contribution in [1.82, 2.24) is 18.9 Å². The predicted molar refractivity (Wildman–Crippen MR) is 102 cm³/mol. The van der Waals surface area contributed by atoms with Crippen LogP contribution in [0.25, 0.3) is 4.96 Å². The average molecular weight is 392 g/mol. The topological polar surface area (TPSA) is 70.8 Å². The molecule has 7 nitrogen and oxygen atoms in total. The van der Waals surface area contributed by atoms with E-state index < -0.39 is 10.0 Å². The van der Waals surface area contributed by atoms with E-state index in [0.717, 1.165) is 17.1 Å². The quantitative estimate of drug-likeness (QED) is 0.682. The average Bonchev–Trinajstić information content (AvgIpc) is 3.18. The molecule has 26 heavy (non-hydrogen) atoms. The molecule has 0 atom stereocenters. The van der Waals surface area contributed by atoms with Gasteiger partial charge in [0.05, 0.1) is 5.69 Å². The minimum Gasteiger partial charge on any atom is -0.369 e. The Morgan fingerprint density at radius 3 is 2.46 bits per heavy atom. The van der Waals surface area contributed by atoms with Crippen LogP contribution >= 0.6 is 11.3 Å². The maximum absolute atomic E-state index is 13.2. The van der Waals surface area contributed by atoms with Crippen molar-refractivity contribution in [2.24, 2.45) is 0 Å². The number of hydrogen-bond donors (Lipinski definition) is 0. The first-order valence-electron chi connectivity index (χ1n) is 8.66. The van der Waals surface area contributed by atoms with Gasteiger partial charge in [-0.1, -0.05) is 36.5 Å². The van der Waals surface area contributed by atoms with Crippen molar-refractivity contribution >= 4 is 32.0 Å². The largest absolute Gasteiger partial charge is 0.369 e. The van der Waals surface area contributed by atoms with Gasteiger partial charge in [-0.05, 0) is 25.5 Å². The standard InChI is InChI=1S/C17H21N5O2S2/c1-3-15-19-22-16(13(2)18-17(22)25-15)26(23,24)21-11-9-20(10-12-21)14-7-5-4-6-8-14/h4-8H,3,9-12H2,1-2H3. The smallest absolute Gasteiger partial charge is 0.262 e. The van der Waals surface area contributed by atoms with Gasteiger partial charge in [-0.25, -0.2) is 13.4 Å². The van der Waals surface area contributed by atoms with Crippen molar-refractivity contribution in [1.29, 1.82) is 0 Å². The van der Waals surface area contributed by atoms with E-state index in [0.29, 0.717) is 36.8 Å². The van der Waals surface area contributed by atoms with Gasteiger partial charge in [0.25, 0.3) is 10.0 Å². The van der Waals surface area contributed by atoms with Crippen LogP contribution in [0, 0.1) is 6.92 Å². The van der Waals surface area contributed by atoms with Crippen LogP contribution in [-0.2, 0) is 16.4 Å². The third-order valence-corrected chi connectivity index (χ3v) is 7.67. The summed E-state index contributed by atoms with van der Waals surface area (Å²) in [6.45, 7) is 5.98. The van der Waals surface area contributed by atoms with Crippen molar-refractivity contribution in [3.8, 4) is 0 Å². The SMILES string of the molecule is CCc1nn2c(S(=O)(=O)N3CCN(c4ccccc4)CC3)c(C)nc2s1. The predicted octanol–water partition coefficient (Wildman–Crippen LogP) is 2.17. The lowest BCUT2D eigenvalue weighted by Gasteiger charge is -2.35. The molecule has 1 aromatic carbocycles. The molecule has 0 radical (unpaired) electrons. The van der Waals surface area contributed by atoms with E-state index in [9.17, 15) is 8.42 Å². The van der Waals surface area contributed by atoms with Gasteiger partial charge in [-0.3, -0.25) is 0 Å². The van der Waals surface area contributed by atoms with E-state index in [1.165, 1.54) is 15.9 Å². The number of aromatic nitrogens is 3. The van der Waals surface area contributed by atoms with E-state index in [-0.39, 0.29) is 5.03 Å². The van der Waals surface area contributed by atoms with E-state index >= 15 is 0 Å². The Morgan fingerprint density at radius 2 is 1.81 bits per heavy atom. The molecule has 3 aromatic rings. The minimum absolute atomic E-state index is 0.205. The normalized spacial score (nSPS) is 16.5. The zero-order valence-corrected chi connectivity index (χ0v) is 16.4. The number of para-hydroxylation sites is 1. The number of benzene rings is 1. The van der Waals surface area contributed by atoms with Gasteiger partial charge in [-0.2, -0.15) is 13.9 Å². The van der Waals surface area contributed by atoms with Gasteiger partial charge in [0.1, 0.15) is 5.01 Å². The van der Waals surface area contributed by atoms with Crippen LogP contribution in [0.15, 0.2) is 35.4 Å². The van der Waals surface area contributed by atoms with Crippen LogP contribution in [-0.4, -0.2) is 53.5 Å². The van der Waals surface area contributed by atoms with E-state index in [1.54, 1.807) is 11.2 Å². The number of nitrogens with zero attached hydrogens (tertiary/aromatic N) is 5. The Bertz CT molecular complexity index is 1020. The van der Waals surface area contributed by atoms with Gasteiger partial charge < -0.3 is 4.90 Å². The van der Waals surface area contributed by atoms with Crippen molar-refractivity contribution in [2.45, 2.75) is 25.3 Å².